The summed E-state index contributed by atoms with van der Waals surface area (Å²) in [5, 5.41) is 13.6. The van der Waals surface area contributed by atoms with Gasteiger partial charge in [0.15, 0.2) is 18.1 Å². The fraction of sp³-hybridized carbons (Fsp3) is 0.316. The van der Waals surface area contributed by atoms with E-state index in [0.29, 0.717) is 34.2 Å². The minimum absolute atomic E-state index is 0.0777. The van der Waals surface area contributed by atoms with Crippen LogP contribution in [0, 0.1) is 11.3 Å². The molecule has 1 N–H and O–H groups in total. The molecular weight excluding hydrogens is 384 g/mol. The SMILES string of the molecule is COc1cc(CCC(=O)OCC(=O)Nc2sccc2C#N)cc(OC)c1OC. The second-order valence-corrected chi connectivity index (χ2v) is 6.43. The van der Waals surface area contributed by atoms with E-state index in [9.17, 15) is 9.59 Å². The zero-order chi connectivity index (χ0) is 20.5. The topological polar surface area (TPSA) is 107 Å². The normalized spacial score (nSPS) is 9.93. The van der Waals surface area contributed by atoms with E-state index < -0.39 is 18.5 Å². The number of nitriles is 1. The number of ether oxygens (including phenoxy) is 4. The third-order valence-electron chi connectivity index (χ3n) is 3.75. The van der Waals surface area contributed by atoms with Gasteiger partial charge >= 0.3 is 5.97 Å². The van der Waals surface area contributed by atoms with Crippen LogP contribution in [0.2, 0.25) is 0 Å². The average molecular weight is 404 g/mol. The van der Waals surface area contributed by atoms with E-state index in [0.717, 1.165) is 5.56 Å². The van der Waals surface area contributed by atoms with E-state index in [-0.39, 0.29) is 6.42 Å². The number of methoxy groups -OCH3 is 3. The number of hydrogen-bond donors (Lipinski definition) is 1. The van der Waals surface area contributed by atoms with Gasteiger partial charge in [0.05, 0.1) is 26.9 Å². The molecule has 1 aromatic heterocycles. The maximum absolute atomic E-state index is 11.9. The number of hydrogen-bond acceptors (Lipinski definition) is 8. The number of anilines is 1. The van der Waals surface area contributed by atoms with Crippen LogP contribution in [-0.4, -0.2) is 39.8 Å². The van der Waals surface area contributed by atoms with Crippen molar-refractivity contribution in [1.29, 1.82) is 5.26 Å². The van der Waals surface area contributed by atoms with Crippen LogP contribution in [-0.2, 0) is 20.7 Å². The molecule has 0 saturated heterocycles. The Kier molecular flexibility index (Phi) is 7.65. The lowest BCUT2D eigenvalue weighted by atomic mass is 10.1. The molecule has 0 fully saturated rings. The van der Waals surface area contributed by atoms with Crippen molar-refractivity contribution >= 4 is 28.2 Å². The summed E-state index contributed by atoms with van der Waals surface area (Å²) in [6.45, 7) is -0.420. The zero-order valence-corrected chi connectivity index (χ0v) is 16.6. The van der Waals surface area contributed by atoms with Crippen LogP contribution in [0.5, 0.6) is 17.2 Å². The molecule has 0 aliphatic carbocycles. The van der Waals surface area contributed by atoms with E-state index >= 15 is 0 Å². The highest BCUT2D eigenvalue weighted by atomic mass is 32.1. The second kappa shape index (κ2) is 10.2. The Morgan fingerprint density at radius 2 is 1.82 bits per heavy atom. The number of aryl methyl sites for hydroxylation is 1. The summed E-state index contributed by atoms with van der Waals surface area (Å²) >= 11 is 1.23. The molecule has 0 bridgehead atoms. The first-order valence-corrected chi connectivity index (χ1v) is 9.12. The van der Waals surface area contributed by atoms with Gasteiger partial charge in [0, 0.05) is 6.42 Å². The molecule has 1 aromatic carbocycles. The Hall–Kier alpha value is -3.25. The smallest absolute Gasteiger partial charge is 0.306 e. The fourth-order valence-corrected chi connectivity index (χ4v) is 3.15. The lowest BCUT2D eigenvalue weighted by Gasteiger charge is -2.14. The van der Waals surface area contributed by atoms with E-state index in [2.05, 4.69) is 5.32 Å². The minimum Gasteiger partial charge on any atom is -0.493 e. The monoisotopic (exact) mass is 404 g/mol. The zero-order valence-electron chi connectivity index (χ0n) is 15.7. The third-order valence-corrected chi connectivity index (χ3v) is 4.58. The van der Waals surface area contributed by atoms with Crippen molar-refractivity contribution < 1.29 is 28.5 Å². The fourth-order valence-electron chi connectivity index (χ4n) is 2.40. The number of nitrogens with zero attached hydrogens (tertiary/aromatic N) is 1. The lowest BCUT2D eigenvalue weighted by molar-refractivity contribution is -0.147. The maximum Gasteiger partial charge on any atom is 0.306 e. The summed E-state index contributed by atoms with van der Waals surface area (Å²) in [5.74, 6) is 0.441. The molecule has 8 nitrogen and oxygen atoms in total. The van der Waals surface area contributed by atoms with E-state index in [1.807, 2.05) is 6.07 Å². The van der Waals surface area contributed by atoms with Crippen LogP contribution in [0.3, 0.4) is 0 Å². The highest BCUT2D eigenvalue weighted by Gasteiger charge is 2.15. The number of thiophene rings is 1. The molecule has 9 heteroatoms. The Labute approximate surface area is 166 Å². The van der Waals surface area contributed by atoms with E-state index in [1.165, 1.54) is 32.7 Å². The van der Waals surface area contributed by atoms with Gasteiger partial charge in [-0.2, -0.15) is 5.26 Å². The first kappa shape index (κ1) is 21.1. The van der Waals surface area contributed by atoms with Gasteiger partial charge in [0.25, 0.3) is 5.91 Å². The molecule has 0 saturated carbocycles. The van der Waals surface area contributed by atoms with Crippen LogP contribution in [0.1, 0.15) is 17.5 Å². The van der Waals surface area contributed by atoms with Crippen LogP contribution in [0.15, 0.2) is 23.6 Å². The molecule has 0 atom stereocenters. The minimum atomic E-state index is -0.518. The van der Waals surface area contributed by atoms with Crippen LogP contribution in [0.25, 0.3) is 0 Å². The van der Waals surface area contributed by atoms with Crippen molar-refractivity contribution in [1.82, 2.24) is 0 Å². The van der Waals surface area contributed by atoms with E-state index in [4.69, 9.17) is 24.2 Å². The third kappa shape index (κ3) is 5.37. The number of esters is 1. The van der Waals surface area contributed by atoms with Crippen LogP contribution < -0.4 is 19.5 Å². The van der Waals surface area contributed by atoms with Crippen LogP contribution >= 0.6 is 11.3 Å². The van der Waals surface area contributed by atoms with Gasteiger partial charge in [-0.25, -0.2) is 0 Å². The molecule has 0 spiro atoms. The summed E-state index contributed by atoms with van der Waals surface area (Å²) < 4.78 is 20.8. The number of carbonyl (C=O) groups is 2. The standard InChI is InChI=1S/C19H20N2O6S/c1-24-14-8-12(9-15(25-2)18(14)26-3)4-5-17(23)27-11-16(22)21-19-13(10-20)6-7-28-19/h6-9H,4-5,11H2,1-3H3,(H,21,22). The first-order valence-electron chi connectivity index (χ1n) is 8.24. The van der Waals surface area contributed by atoms with Gasteiger partial charge in [-0.1, -0.05) is 0 Å². The predicted molar refractivity (Wildman–Crippen MR) is 103 cm³/mol. The Balaban J connectivity index is 1.87. The molecule has 148 valence electrons. The van der Waals surface area contributed by atoms with Crippen molar-refractivity contribution in [2.45, 2.75) is 12.8 Å². The van der Waals surface area contributed by atoms with Crippen molar-refractivity contribution in [3.63, 3.8) is 0 Å². The average Bonchev–Trinajstić information content (AvgIpc) is 3.16. The van der Waals surface area contributed by atoms with E-state index in [1.54, 1.807) is 23.6 Å². The van der Waals surface area contributed by atoms with Crippen molar-refractivity contribution in [3.05, 3.63) is 34.7 Å². The highest BCUT2D eigenvalue weighted by molar-refractivity contribution is 7.14. The number of nitrogens with one attached hydrogen (secondary N) is 1. The number of carbonyl (C=O) groups excluding carboxylic acids is 2. The van der Waals surface area contributed by atoms with Gasteiger partial charge in [-0.05, 0) is 35.6 Å². The van der Waals surface area contributed by atoms with Gasteiger partial charge in [-0.3, -0.25) is 9.59 Å². The number of rotatable bonds is 9. The molecule has 1 heterocycles. The van der Waals surface area contributed by atoms with Crippen molar-refractivity contribution in [3.8, 4) is 23.3 Å². The second-order valence-electron chi connectivity index (χ2n) is 5.52. The van der Waals surface area contributed by atoms with Gasteiger partial charge in [0.1, 0.15) is 11.1 Å². The molecule has 2 aromatic rings. The van der Waals surface area contributed by atoms with Crippen molar-refractivity contribution in [2.24, 2.45) is 0 Å². The molecule has 1 amide bonds. The molecular formula is C19H20N2O6S. The predicted octanol–water partition coefficient (Wildman–Crippen LogP) is 2.76. The molecule has 28 heavy (non-hydrogen) atoms. The first-order chi connectivity index (χ1) is 13.5. The Morgan fingerprint density at radius 1 is 1.14 bits per heavy atom. The van der Waals surface area contributed by atoms with Crippen molar-refractivity contribution in [2.75, 3.05) is 33.3 Å². The molecule has 0 radical (unpaired) electrons. The number of benzene rings is 1. The lowest BCUT2D eigenvalue weighted by Crippen LogP contribution is -2.20. The van der Waals surface area contributed by atoms with Crippen LogP contribution in [0.4, 0.5) is 5.00 Å². The summed E-state index contributed by atoms with van der Waals surface area (Å²) in [7, 11) is 4.54. The van der Waals surface area contributed by atoms with Gasteiger partial charge in [0.2, 0.25) is 5.75 Å². The quantitative estimate of drug-likeness (QED) is 0.640. The van der Waals surface area contributed by atoms with Gasteiger partial charge < -0.3 is 24.3 Å². The molecule has 2 rings (SSSR count). The highest BCUT2D eigenvalue weighted by Crippen LogP contribution is 2.38. The summed E-state index contributed by atoms with van der Waals surface area (Å²) in [5.41, 5.74) is 1.17. The largest absolute Gasteiger partial charge is 0.493 e. The summed E-state index contributed by atoms with van der Waals surface area (Å²) in [4.78, 5) is 23.8. The summed E-state index contributed by atoms with van der Waals surface area (Å²) in [6.07, 6.45) is 0.453. The van der Waals surface area contributed by atoms with Gasteiger partial charge in [-0.15, -0.1) is 11.3 Å². The Bertz CT molecular complexity index is 862. The molecule has 0 aliphatic heterocycles. The maximum atomic E-state index is 11.9. The number of amides is 1. The molecule has 0 aliphatic rings. The Morgan fingerprint density at radius 3 is 2.39 bits per heavy atom. The molecule has 0 unspecified atom stereocenters. The summed E-state index contributed by atoms with van der Waals surface area (Å²) in [6, 6.07) is 7.07.